The molecule has 0 N–H and O–H groups in total. The van der Waals surface area contributed by atoms with E-state index < -0.39 is 10.5 Å². The summed E-state index contributed by atoms with van der Waals surface area (Å²) in [5.74, 6) is -0.563. The molecule has 1 aromatic heterocycles. The first-order valence-electron chi connectivity index (χ1n) is 8.52. The molecule has 1 aromatic carbocycles. The third kappa shape index (κ3) is 3.29. The molecule has 1 atom stereocenters. The Bertz CT molecular complexity index is 874. The summed E-state index contributed by atoms with van der Waals surface area (Å²) in [5.41, 5.74) is 0.168. The van der Waals surface area contributed by atoms with Crippen molar-refractivity contribution in [2.75, 3.05) is 19.6 Å². The lowest BCUT2D eigenvalue weighted by molar-refractivity contribution is -0.389. The molecule has 9 nitrogen and oxygen atoms in total. The van der Waals surface area contributed by atoms with E-state index in [1.165, 1.54) is 18.3 Å². The number of halogens is 1. The van der Waals surface area contributed by atoms with Gasteiger partial charge in [0.2, 0.25) is 0 Å². The van der Waals surface area contributed by atoms with Gasteiger partial charge in [0, 0.05) is 24.6 Å². The predicted molar refractivity (Wildman–Crippen MR) is 91.7 cm³/mol. The third-order valence-electron chi connectivity index (χ3n) is 4.75. The number of hydrogen-bond acceptors (Lipinski definition) is 5. The third-order valence-corrected chi connectivity index (χ3v) is 4.75. The van der Waals surface area contributed by atoms with Crippen LogP contribution in [-0.4, -0.2) is 55.5 Å². The Hall–Kier alpha value is -3.17. The minimum atomic E-state index is -0.695. The van der Waals surface area contributed by atoms with Crippen LogP contribution < -0.4 is 4.74 Å². The molecule has 0 aliphatic carbocycles. The molecular formula is C17H18FN5O4. The monoisotopic (exact) mass is 375 g/mol. The van der Waals surface area contributed by atoms with Gasteiger partial charge in [-0.25, -0.2) is 9.18 Å². The number of nitrogens with zero attached hydrogens (tertiary/aromatic N) is 5. The zero-order chi connectivity index (χ0) is 19.2. The van der Waals surface area contributed by atoms with Crippen LogP contribution in [0.4, 0.5) is 15.0 Å². The summed E-state index contributed by atoms with van der Waals surface area (Å²) in [6, 6.07) is 6.17. The van der Waals surface area contributed by atoms with Crippen LogP contribution in [0.5, 0.6) is 6.01 Å². The SMILES string of the molecule is CC1(CN2CCN(Cc3ccc(F)cc3)C2=O)Cn2cc([N+](=O)[O-])nc2O1. The van der Waals surface area contributed by atoms with Crippen molar-refractivity contribution in [3.8, 4) is 6.01 Å². The number of aromatic nitrogens is 2. The molecule has 1 saturated heterocycles. The molecule has 27 heavy (non-hydrogen) atoms. The quantitative estimate of drug-likeness (QED) is 0.589. The van der Waals surface area contributed by atoms with Crippen molar-refractivity contribution in [3.63, 3.8) is 0 Å². The van der Waals surface area contributed by atoms with Crippen molar-refractivity contribution in [1.82, 2.24) is 19.4 Å². The van der Waals surface area contributed by atoms with Gasteiger partial charge in [0.25, 0.3) is 0 Å². The van der Waals surface area contributed by atoms with E-state index >= 15 is 0 Å². The minimum absolute atomic E-state index is 0.111. The number of carbonyl (C=O) groups excluding carboxylic acids is 1. The fourth-order valence-electron chi connectivity index (χ4n) is 3.50. The van der Waals surface area contributed by atoms with E-state index in [9.17, 15) is 19.3 Å². The van der Waals surface area contributed by atoms with Gasteiger partial charge >= 0.3 is 17.9 Å². The zero-order valence-electron chi connectivity index (χ0n) is 14.7. The average molecular weight is 375 g/mol. The van der Waals surface area contributed by atoms with E-state index in [0.717, 1.165) is 5.56 Å². The van der Waals surface area contributed by atoms with Crippen molar-refractivity contribution in [2.45, 2.75) is 25.6 Å². The van der Waals surface area contributed by atoms with Gasteiger partial charge in [-0.3, -0.25) is 4.57 Å². The van der Waals surface area contributed by atoms with Crippen LogP contribution in [0.25, 0.3) is 0 Å². The molecule has 2 amide bonds. The van der Waals surface area contributed by atoms with Gasteiger partial charge in [0.15, 0.2) is 0 Å². The van der Waals surface area contributed by atoms with Gasteiger partial charge in [0.05, 0.1) is 13.1 Å². The van der Waals surface area contributed by atoms with Gasteiger partial charge in [0.1, 0.15) is 17.6 Å². The topological polar surface area (TPSA) is 93.7 Å². The van der Waals surface area contributed by atoms with Crippen LogP contribution in [0.3, 0.4) is 0 Å². The number of hydrogen-bond donors (Lipinski definition) is 0. The predicted octanol–water partition coefficient (Wildman–Crippen LogP) is 2.02. The molecule has 1 fully saturated rings. The summed E-state index contributed by atoms with van der Waals surface area (Å²) < 4.78 is 20.4. The van der Waals surface area contributed by atoms with Crippen LogP contribution in [0.15, 0.2) is 30.5 Å². The highest BCUT2D eigenvalue weighted by Crippen LogP contribution is 2.32. The average Bonchev–Trinajstić information content (AvgIpc) is 3.23. The molecule has 10 heteroatoms. The summed E-state index contributed by atoms with van der Waals surface area (Å²) >= 11 is 0. The van der Waals surface area contributed by atoms with E-state index in [2.05, 4.69) is 4.98 Å². The Morgan fingerprint density at radius 1 is 1.30 bits per heavy atom. The summed E-state index contributed by atoms with van der Waals surface area (Å²) in [5, 5.41) is 10.8. The molecule has 2 aliphatic rings. The Balaban J connectivity index is 1.38. The normalized spacial score (nSPS) is 21.5. The largest absolute Gasteiger partial charge is 0.436 e. The maximum absolute atomic E-state index is 13.0. The number of benzene rings is 1. The summed E-state index contributed by atoms with van der Waals surface area (Å²) in [7, 11) is 0. The second kappa shape index (κ2) is 6.22. The molecule has 0 saturated carbocycles. The van der Waals surface area contributed by atoms with E-state index in [0.29, 0.717) is 32.7 Å². The van der Waals surface area contributed by atoms with E-state index in [4.69, 9.17) is 4.74 Å². The fourth-order valence-corrected chi connectivity index (χ4v) is 3.50. The molecule has 3 heterocycles. The summed E-state index contributed by atoms with van der Waals surface area (Å²) in [6.07, 6.45) is 1.34. The maximum atomic E-state index is 13.0. The number of amides is 2. The number of rotatable bonds is 5. The summed E-state index contributed by atoms with van der Waals surface area (Å²) in [4.78, 5) is 30.2. The van der Waals surface area contributed by atoms with Gasteiger partial charge in [-0.05, 0) is 29.5 Å². The number of urea groups is 1. The van der Waals surface area contributed by atoms with E-state index in [-0.39, 0.29) is 23.7 Å². The smallest absolute Gasteiger partial charge is 0.415 e. The molecule has 0 bridgehead atoms. The van der Waals surface area contributed by atoms with Gasteiger partial charge in [-0.1, -0.05) is 12.1 Å². The van der Waals surface area contributed by atoms with Crippen molar-refractivity contribution in [1.29, 1.82) is 0 Å². The molecule has 2 aliphatic heterocycles. The first kappa shape index (κ1) is 17.3. The van der Waals surface area contributed by atoms with Crippen molar-refractivity contribution in [2.24, 2.45) is 0 Å². The van der Waals surface area contributed by atoms with Crippen LogP contribution in [0.1, 0.15) is 12.5 Å². The van der Waals surface area contributed by atoms with Crippen molar-refractivity contribution in [3.05, 3.63) is 52.0 Å². The molecule has 0 radical (unpaired) electrons. The molecule has 142 valence electrons. The molecule has 2 aromatic rings. The van der Waals surface area contributed by atoms with Crippen LogP contribution >= 0.6 is 0 Å². The Morgan fingerprint density at radius 2 is 2.00 bits per heavy atom. The number of nitro groups is 1. The molecular weight excluding hydrogens is 357 g/mol. The molecule has 0 spiro atoms. The lowest BCUT2D eigenvalue weighted by atomic mass is 10.1. The first-order chi connectivity index (χ1) is 12.8. The van der Waals surface area contributed by atoms with E-state index in [1.54, 1.807) is 26.5 Å². The number of fused-ring (bicyclic) bond motifs is 1. The highest BCUT2D eigenvalue weighted by molar-refractivity contribution is 5.76. The van der Waals surface area contributed by atoms with Gasteiger partial charge in [-0.15, -0.1) is 0 Å². The number of ether oxygens (including phenoxy) is 1. The Morgan fingerprint density at radius 3 is 2.67 bits per heavy atom. The number of carbonyl (C=O) groups is 1. The Labute approximate surface area is 154 Å². The van der Waals surface area contributed by atoms with Crippen molar-refractivity contribution >= 4 is 11.8 Å². The number of imidazole rings is 1. The van der Waals surface area contributed by atoms with Crippen molar-refractivity contribution < 1.29 is 18.8 Å². The second-order valence-corrected chi connectivity index (χ2v) is 7.07. The van der Waals surface area contributed by atoms with Crippen LogP contribution in [0.2, 0.25) is 0 Å². The maximum Gasteiger partial charge on any atom is 0.415 e. The molecule has 1 unspecified atom stereocenters. The highest BCUT2D eigenvalue weighted by Gasteiger charge is 2.44. The first-order valence-corrected chi connectivity index (χ1v) is 8.52. The second-order valence-electron chi connectivity index (χ2n) is 7.07. The Kier molecular flexibility index (Phi) is 3.97. The lowest BCUT2D eigenvalue weighted by Gasteiger charge is -2.28. The van der Waals surface area contributed by atoms with Gasteiger partial charge < -0.3 is 24.7 Å². The highest BCUT2D eigenvalue weighted by atomic mass is 19.1. The molecule has 4 rings (SSSR count). The van der Waals surface area contributed by atoms with Crippen LogP contribution in [-0.2, 0) is 13.1 Å². The fraction of sp³-hybridized carbons (Fsp3) is 0.412. The zero-order valence-corrected chi connectivity index (χ0v) is 14.7. The lowest BCUT2D eigenvalue weighted by Crippen LogP contribution is -2.46. The van der Waals surface area contributed by atoms with Gasteiger partial charge in [-0.2, -0.15) is 0 Å². The standard InChI is InChI=1S/C17H18FN5O4/c1-17(11-22-9-14(23(25)26)19-15(22)27-17)10-21-7-6-20(16(21)24)8-12-2-4-13(18)5-3-12/h2-5,9H,6-8,10-11H2,1H3. The van der Waals surface area contributed by atoms with Crippen LogP contribution in [0, 0.1) is 15.9 Å². The summed E-state index contributed by atoms with van der Waals surface area (Å²) in [6.45, 7) is 4.13. The van der Waals surface area contributed by atoms with E-state index in [1.807, 2.05) is 6.92 Å². The minimum Gasteiger partial charge on any atom is -0.436 e.